The van der Waals surface area contributed by atoms with Crippen molar-refractivity contribution in [2.45, 2.75) is 43.9 Å². The van der Waals surface area contributed by atoms with Crippen LogP contribution in [0, 0.1) is 6.92 Å². The number of furan rings is 1. The van der Waals surface area contributed by atoms with E-state index in [4.69, 9.17) is 4.42 Å². The molecule has 2 rings (SSSR count). The van der Waals surface area contributed by atoms with E-state index in [0.717, 1.165) is 28.6 Å². The zero-order valence-electron chi connectivity index (χ0n) is 17.0. The van der Waals surface area contributed by atoms with Gasteiger partial charge in [0.05, 0.1) is 17.0 Å². The van der Waals surface area contributed by atoms with Gasteiger partial charge < -0.3 is 19.9 Å². The van der Waals surface area contributed by atoms with Gasteiger partial charge in [0.15, 0.2) is 0 Å². The minimum atomic E-state index is -5.25. The topological polar surface area (TPSA) is 120 Å². The number of amides is 1. The first kappa shape index (κ1) is 24.7. The Morgan fingerprint density at radius 3 is 2.26 bits per heavy atom. The number of nitrogens with zero attached hydrogens (tertiary/aromatic N) is 1. The maximum atomic E-state index is 13.5. The summed E-state index contributed by atoms with van der Waals surface area (Å²) < 4.78 is 71.9. The fourth-order valence-electron chi connectivity index (χ4n) is 2.90. The molecule has 31 heavy (non-hydrogen) atoms. The second kappa shape index (κ2) is 8.89. The van der Waals surface area contributed by atoms with Crippen molar-refractivity contribution < 1.29 is 41.0 Å². The summed E-state index contributed by atoms with van der Waals surface area (Å²) in [7, 11) is -3.95. The Bertz CT molecular complexity index is 1050. The Balaban J connectivity index is 2.35. The Labute approximate surface area is 177 Å². The van der Waals surface area contributed by atoms with Crippen molar-refractivity contribution in [1.82, 2.24) is 4.31 Å². The number of halogens is 3. The van der Waals surface area contributed by atoms with Crippen molar-refractivity contribution in [2.24, 2.45) is 0 Å². The molecule has 0 aliphatic carbocycles. The molecule has 12 heteroatoms. The fraction of sp³-hybridized carbons (Fsp3) is 0.421. The predicted molar refractivity (Wildman–Crippen MR) is 105 cm³/mol. The van der Waals surface area contributed by atoms with Crippen LogP contribution in [0.3, 0.4) is 0 Å². The molecule has 1 aromatic carbocycles. The van der Waals surface area contributed by atoms with Crippen LogP contribution in [-0.4, -0.2) is 48.1 Å². The number of anilines is 1. The molecule has 0 aliphatic heterocycles. The minimum absolute atomic E-state index is 0.102. The highest BCUT2D eigenvalue weighted by Crippen LogP contribution is 2.42. The molecule has 0 fully saturated rings. The number of carbonyl (C=O) groups is 1. The zero-order valence-corrected chi connectivity index (χ0v) is 17.8. The number of aliphatic hydroxyl groups is 1. The number of aryl methyl sites for hydroxylation is 1. The molecular formula is C19H23F3N2O6S. The molecule has 1 amide bonds. The third-order valence-corrected chi connectivity index (χ3v) is 6.66. The Morgan fingerprint density at radius 1 is 1.16 bits per heavy atom. The van der Waals surface area contributed by atoms with Crippen molar-refractivity contribution in [1.29, 1.82) is 0 Å². The summed E-state index contributed by atoms with van der Waals surface area (Å²) in [6.07, 6.45) is -6.72. The van der Waals surface area contributed by atoms with E-state index >= 15 is 0 Å². The van der Waals surface area contributed by atoms with E-state index in [0.29, 0.717) is 0 Å². The number of alkyl halides is 3. The second-order valence-electron chi connectivity index (χ2n) is 6.76. The number of benzene rings is 1. The summed E-state index contributed by atoms with van der Waals surface area (Å²) in [6.45, 7) is 4.96. The molecule has 0 radical (unpaired) electrons. The standard InChI is InChI=1S/C19H23F3N2O6S/c1-4-24(5-2)31(28,29)13-7-8-15(25)14(10-13)23-17(26)11-18(27,19(20,21)22)16-9-6-12(3)30-16/h6-10,25,27H,4-5,11H2,1-3H3,(H,23,26)/t18-/m0/s1. The van der Waals surface area contributed by atoms with Gasteiger partial charge in [0.25, 0.3) is 0 Å². The molecule has 3 N–H and O–H groups in total. The number of carbonyl (C=O) groups excluding carboxylic acids is 1. The summed E-state index contributed by atoms with van der Waals surface area (Å²) in [4.78, 5) is 12.1. The first-order chi connectivity index (χ1) is 14.3. The molecule has 1 atom stereocenters. The van der Waals surface area contributed by atoms with E-state index in [2.05, 4.69) is 0 Å². The highest BCUT2D eigenvalue weighted by atomic mass is 32.2. The summed E-state index contributed by atoms with van der Waals surface area (Å²) in [5.41, 5.74) is -4.04. The van der Waals surface area contributed by atoms with E-state index < -0.39 is 51.3 Å². The van der Waals surface area contributed by atoms with Crippen molar-refractivity contribution in [3.63, 3.8) is 0 Å². The lowest BCUT2D eigenvalue weighted by atomic mass is 9.95. The third kappa shape index (κ3) is 5.02. The molecule has 0 bridgehead atoms. The van der Waals surface area contributed by atoms with Gasteiger partial charge in [0.1, 0.15) is 17.3 Å². The van der Waals surface area contributed by atoms with Gasteiger partial charge in [-0.15, -0.1) is 0 Å². The highest BCUT2D eigenvalue weighted by Gasteiger charge is 2.58. The molecule has 0 aliphatic rings. The van der Waals surface area contributed by atoms with Crippen molar-refractivity contribution in [2.75, 3.05) is 18.4 Å². The number of phenols is 1. The Hall–Kier alpha value is -2.57. The normalized spacial score (nSPS) is 14.5. The maximum absolute atomic E-state index is 13.5. The molecule has 1 heterocycles. The van der Waals surface area contributed by atoms with Gasteiger partial charge in [-0.25, -0.2) is 8.42 Å². The van der Waals surface area contributed by atoms with Gasteiger partial charge >= 0.3 is 6.18 Å². The van der Waals surface area contributed by atoms with Crippen LogP contribution in [0.5, 0.6) is 5.75 Å². The maximum Gasteiger partial charge on any atom is 0.425 e. The van der Waals surface area contributed by atoms with E-state index in [9.17, 15) is 36.6 Å². The van der Waals surface area contributed by atoms with Gasteiger partial charge in [0, 0.05) is 13.1 Å². The molecule has 0 saturated carbocycles. The van der Waals surface area contributed by atoms with Crippen LogP contribution in [0.2, 0.25) is 0 Å². The lowest BCUT2D eigenvalue weighted by molar-refractivity contribution is -0.272. The molecule has 8 nitrogen and oxygen atoms in total. The number of sulfonamides is 1. The molecule has 2 aromatic rings. The van der Waals surface area contributed by atoms with Crippen LogP contribution in [0.1, 0.15) is 31.8 Å². The average Bonchev–Trinajstić information content (AvgIpc) is 3.10. The van der Waals surface area contributed by atoms with E-state index in [1.165, 1.54) is 13.0 Å². The molecule has 0 unspecified atom stereocenters. The Kier molecular flexibility index (Phi) is 7.08. The van der Waals surface area contributed by atoms with Gasteiger partial charge in [-0.05, 0) is 37.3 Å². The SMILES string of the molecule is CCN(CC)S(=O)(=O)c1ccc(O)c(NC(=O)C[C@](O)(c2ccc(C)o2)C(F)(F)F)c1. The van der Waals surface area contributed by atoms with Crippen LogP contribution in [0.4, 0.5) is 18.9 Å². The van der Waals surface area contributed by atoms with Crippen LogP contribution in [-0.2, 0) is 20.4 Å². The lowest BCUT2D eigenvalue weighted by Gasteiger charge is -2.28. The summed E-state index contributed by atoms with van der Waals surface area (Å²) >= 11 is 0. The number of phenolic OH excluding ortho intramolecular Hbond substituents is 1. The molecule has 0 spiro atoms. The molecule has 1 aromatic heterocycles. The second-order valence-corrected chi connectivity index (χ2v) is 8.70. The molecule has 172 valence electrons. The van der Waals surface area contributed by atoms with E-state index in [1.807, 2.05) is 5.32 Å². The smallest absolute Gasteiger partial charge is 0.425 e. The van der Waals surface area contributed by atoms with Gasteiger partial charge in [0.2, 0.25) is 21.5 Å². The number of rotatable bonds is 8. The van der Waals surface area contributed by atoms with Crippen molar-refractivity contribution in [3.05, 3.63) is 41.9 Å². The number of aromatic hydroxyl groups is 1. The highest BCUT2D eigenvalue weighted by molar-refractivity contribution is 7.89. The van der Waals surface area contributed by atoms with Gasteiger partial charge in [-0.2, -0.15) is 17.5 Å². The van der Waals surface area contributed by atoms with Crippen LogP contribution < -0.4 is 5.32 Å². The van der Waals surface area contributed by atoms with E-state index in [1.54, 1.807) is 13.8 Å². The van der Waals surface area contributed by atoms with Crippen LogP contribution >= 0.6 is 0 Å². The predicted octanol–water partition coefficient (Wildman–Crippen LogP) is 3.10. The summed E-state index contributed by atoms with van der Waals surface area (Å²) in [5, 5.41) is 22.2. The first-order valence-electron chi connectivity index (χ1n) is 9.25. The summed E-state index contributed by atoms with van der Waals surface area (Å²) in [6, 6.07) is 5.15. The van der Waals surface area contributed by atoms with Crippen molar-refractivity contribution in [3.8, 4) is 5.75 Å². The monoisotopic (exact) mass is 464 g/mol. The quantitative estimate of drug-likeness (QED) is 0.517. The van der Waals surface area contributed by atoms with Gasteiger partial charge in [-0.1, -0.05) is 13.8 Å². The average molecular weight is 464 g/mol. The number of hydrogen-bond acceptors (Lipinski definition) is 6. The number of nitrogens with one attached hydrogen (secondary N) is 1. The van der Waals surface area contributed by atoms with Crippen LogP contribution in [0.25, 0.3) is 0 Å². The molecular weight excluding hydrogens is 441 g/mol. The fourth-order valence-corrected chi connectivity index (χ4v) is 4.38. The zero-order chi connectivity index (χ0) is 23.6. The number of hydrogen-bond donors (Lipinski definition) is 3. The van der Waals surface area contributed by atoms with Gasteiger partial charge in [-0.3, -0.25) is 4.79 Å². The molecule has 0 saturated heterocycles. The first-order valence-corrected chi connectivity index (χ1v) is 10.7. The summed E-state index contributed by atoms with van der Waals surface area (Å²) in [5.74, 6) is -2.64. The Morgan fingerprint density at radius 2 is 1.77 bits per heavy atom. The van der Waals surface area contributed by atoms with Crippen molar-refractivity contribution >= 4 is 21.6 Å². The minimum Gasteiger partial charge on any atom is -0.506 e. The lowest BCUT2D eigenvalue weighted by Crippen LogP contribution is -2.44. The largest absolute Gasteiger partial charge is 0.506 e. The van der Waals surface area contributed by atoms with E-state index in [-0.39, 0.29) is 23.7 Å². The third-order valence-electron chi connectivity index (χ3n) is 4.62. The van der Waals surface area contributed by atoms with Crippen LogP contribution in [0.15, 0.2) is 39.6 Å².